The van der Waals surface area contributed by atoms with Crippen molar-refractivity contribution in [2.75, 3.05) is 10.7 Å². The predicted molar refractivity (Wildman–Crippen MR) is 79.1 cm³/mol. The molecular weight excluding hydrogens is 325 g/mol. The van der Waals surface area contributed by atoms with Crippen LogP contribution >= 0.6 is 46.3 Å². The molecule has 8 heteroatoms. The summed E-state index contributed by atoms with van der Waals surface area (Å²) in [5, 5.41) is 9.20. The fourth-order valence-electron chi connectivity index (χ4n) is 1.82. The number of nitrogens with zero attached hydrogens (tertiary/aromatic N) is 3. The molecule has 2 aromatic rings. The number of thioether (sulfide) groups is 1. The zero-order valence-electron chi connectivity index (χ0n) is 9.42. The third-order valence-corrected chi connectivity index (χ3v) is 5.29. The lowest BCUT2D eigenvalue weighted by atomic mass is 10.2. The lowest BCUT2D eigenvalue weighted by Crippen LogP contribution is -2.27. The summed E-state index contributed by atoms with van der Waals surface area (Å²) in [6.45, 7) is 0. The van der Waals surface area contributed by atoms with Crippen molar-refractivity contribution in [2.45, 2.75) is 5.37 Å². The van der Waals surface area contributed by atoms with Crippen LogP contribution in [-0.2, 0) is 4.79 Å². The van der Waals surface area contributed by atoms with Gasteiger partial charge in [0.1, 0.15) is 10.9 Å². The van der Waals surface area contributed by atoms with Crippen LogP contribution in [0.15, 0.2) is 23.7 Å². The van der Waals surface area contributed by atoms with Gasteiger partial charge in [0.25, 0.3) is 0 Å². The molecule has 98 valence electrons. The Hall–Kier alpha value is -0.820. The van der Waals surface area contributed by atoms with Crippen LogP contribution in [0.4, 0.5) is 5.13 Å². The molecule has 0 spiro atoms. The lowest BCUT2D eigenvalue weighted by molar-refractivity contribution is -0.115. The first-order chi connectivity index (χ1) is 9.16. The molecule has 1 saturated heterocycles. The first-order valence-electron chi connectivity index (χ1n) is 5.31. The van der Waals surface area contributed by atoms with Crippen LogP contribution in [0.5, 0.6) is 0 Å². The number of carbonyl (C=O) groups excluding carboxylic acids is 1. The Kier molecular flexibility index (Phi) is 3.66. The minimum atomic E-state index is -0.129. The zero-order chi connectivity index (χ0) is 13.4. The van der Waals surface area contributed by atoms with Gasteiger partial charge in [0.05, 0.1) is 15.8 Å². The average Bonchev–Trinajstić information content (AvgIpc) is 3.01. The van der Waals surface area contributed by atoms with Crippen molar-refractivity contribution in [1.82, 2.24) is 10.2 Å². The number of benzene rings is 1. The molecule has 1 aromatic heterocycles. The summed E-state index contributed by atoms with van der Waals surface area (Å²) in [5.74, 6) is 0.447. The van der Waals surface area contributed by atoms with Crippen LogP contribution in [0.3, 0.4) is 0 Å². The van der Waals surface area contributed by atoms with Crippen LogP contribution in [0.2, 0.25) is 10.0 Å². The number of amides is 1. The van der Waals surface area contributed by atoms with Gasteiger partial charge in [0.2, 0.25) is 11.0 Å². The Morgan fingerprint density at radius 2 is 2.16 bits per heavy atom. The molecule has 0 radical (unpaired) electrons. The number of anilines is 1. The van der Waals surface area contributed by atoms with Gasteiger partial charge in [-0.15, -0.1) is 22.0 Å². The summed E-state index contributed by atoms with van der Waals surface area (Å²) >= 11 is 14.8. The second-order valence-electron chi connectivity index (χ2n) is 3.82. The van der Waals surface area contributed by atoms with E-state index >= 15 is 0 Å². The van der Waals surface area contributed by atoms with Crippen molar-refractivity contribution < 1.29 is 4.79 Å². The van der Waals surface area contributed by atoms with E-state index in [4.69, 9.17) is 23.2 Å². The monoisotopic (exact) mass is 331 g/mol. The van der Waals surface area contributed by atoms with Gasteiger partial charge in [0.15, 0.2) is 0 Å². The van der Waals surface area contributed by atoms with E-state index in [1.807, 2.05) is 6.07 Å². The summed E-state index contributed by atoms with van der Waals surface area (Å²) in [7, 11) is 0. The molecule has 1 aliphatic rings. The highest BCUT2D eigenvalue weighted by Crippen LogP contribution is 2.43. The first-order valence-corrected chi connectivity index (χ1v) is 8.00. The largest absolute Gasteiger partial charge is 0.273 e. The number of hydrogen-bond acceptors (Lipinski definition) is 5. The maximum Gasteiger partial charge on any atom is 0.240 e. The topological polar surface area (TPSA) is 46.1 Å². The SMILES string of the molecule is O=C1CSC(c2ccc(Cl)c(Cl)c2)N1c1nncs1. The maximum absolute atomic E-state index is 12.0. The van der Waals surface area contributed by atoms with E-state index < -0.39 is 0 Å². The number of hydrogen-bond donors (Lipinski definition) is 0. The molecule has 0 bridgehead atoms. The van der Waals surface area contributed by atoms with Crippen LogP contribution in [-0.4, -0.2) is 21.9 Å². The summed E-state index contributed by atoms with van der Waals surface area (Å²) in [5.41, 5.74) is 2.54. The summed E-state index contributed by atoms with van der Waals surface area (Å²) in [6.07, 6.45) is 0. The van der Waals surface area contributed by atoms with E-state index in [1.165, 1.54) is 23.1 Å². The normalized spacial score (nSPS) is 19.2. The van der Waals surface area contributed by atoms with Gasteiger partial charge < -0.3 is 0 Å². The molecule has 1 amide bonds. The highest BCUT2D eigenvalue weighted by molar-refractivity contribution is 8.00. The standard InChI is InChI=1S/C11H7Cl2N3OS2/c12-7-2-1-6(3-8(7)13)10-16(9(17)4-18-10)11-15-14-5-19-11/h1-3,5,10H,4H2. The highest BCUT2D eigenvalue weighted by Gasteiger charge is 2.36. The molecule has 1 aliphatic heterocycles. The average molecular weight is 332 g/mol. The smallest absolute Gasteiger partial charge is 0.240 e. The van der Waals surface area contributed by atoms with E-state index in [9.17, 15) is 4.79 Å². The molecule has 1 atom stereocenters. The third-order valence-electron chi connectivity index (χ3n) is 2.65. The van der Waals surface area contributed by atoms with E-state index in [2.05, 4.69) is 10.2 Å². The molecule has 1 fully saturated rings. The van der Waals surface area contributed by atoms with E-state index in [0.29, 0.717) is 20.9 Å². The van der Waals surface area contributed by atoms with Gasteiger partial charge >= 0.3 is 0 Å². The van der Waals surface area contributed by atoms with Crippen LogP contribution in [0, 0.1) is 0 Å². The molecule has 0 aliphatic carbocycles. The molecule has 4 nitrogen and oxygen atoms in total. The van der Waals surface area contributed by atoms with E-state index in [1.54, 1.807) is 22.5 Å². The lowest BCUT2D eigenvalue weighted by Gasteiger charge is -2.21. The number of carbonyl (C=O) groups is 1. The molecule has 1 aromatic carbocycles. The molecular formula is C11H7Cl2N3OS2. The molecule has 0 N–H and O–H groups in total. The summed E-state index contributed by atoms with van der Waals surface area (Å²) < 4.78 is 0. The number of aromatic nitrogens is 2. The Balaban J connectivity index is 1.99. The second-order valence-corrected chi connectivity index (χ2v) is 6.52. The fraction of sp³-hybridized carbons (Fsp3) is 0.182. The number of halogens is 2. The second kappa shape index (κ2) is 5.28. The fourth-order valence-corrected chi connectivity index (χ4v) is 3.94. The first kappa shape index (κ1) is 13.2. The van der Waals surface area contributed by atoms with Gasteiger partial charge in [-0.1, -0.05) is 40.6 Å². The van der Waals surface area contributed by atoms with Crippen molar-refractivity contribution >= 4 is 57.3 Å². The van der Waals surface area contributed by atoms with Crippen molar-refractivity contribution in [3.05, 3.63) is 39.3 Å². The Labute approximate surface area is 127 Å². The van der Waals surface area contributed by atoms with Gasteiger partial charge in [-0.05, 0) is 17.7 Å². The predicted octanol–water partition coefficient (Wildman–Crippen LogP) is 3.62. The zero-order valence-corrected chi connectivity index (χ0v) is 12.6. The van der Waals surface area contributed by atoms with Crippen molar-refractivity contribution in [2.24, 2.45) is 0 Å². The minimum absolute atomic E-state index is 0.0258. The van der Waals surface area contributed by atoms with Gasteiger partial charge in [0, 0.05) is 0 Å². The molecule has 2 heterocycles. The maximum atomic E-state index is 12.0. The molecule has 1 unspecified atom stereocenters. The van der Waals surface area contributed by atoms with Gasteiger partial charge in [-0.25, -0.2) is 0 Å². The van der Waals surface area contributed by atoms with Crippen LogP contribution in [0.1, 0.15) is 10.9 Å². The van der Waals surface area contributed by atoms with Crippen LogP contribution < -0.4 is 4.90 Å². The summed E-state index contributed by atoms with van der Waals surface area (Å²) in [6, 6.07) is 5.40. The molecule has 0 saturated carbocycles. The van der Waals surface area contributed by atoms with Crippen molar-refractivity contribution in [3.8, 4) is 0 Å². The van der Waals surface area contributed by atoms with Gasteiger partial charge in [-0.3, -0.25) is 9.69 Å². The van der Waals surface area contributed by atoms with Crippen LogP contribution in [0.25, 0.3) is 0 Å². The van der Waals surface area contributed by atoms with Crippen molar-refractivity contribution in [3.63, 3.8) is 0 Å². The number of rotatable bonds is 2. The van der Waals surface area contributed by atoms with Crippen molar-refractivity contribution in [1.29, 1.82) is 0 Å². The minimum Gasteiger partial charge on any atom is -0.273 e. The third kappa shape index (κ3) is 2.45. The van der Waals surface area contributed by atoms with E-state index in [0.717, 1.165) is 5.56 Å². The Morgan fingerprint density at radius 3 is 2.84 bits per heavy atom. The molecule has 3 rings (SSSR count). The Morgan fingerprint density at radius 1 is 1.32 bits per heavy atom. The quantitative estimate of drug-likeness (QED) is 0.843. The molecule has 19 heavy (non-hydrogen) atoms. The Bertz CT molecular complexity index is 620. The van der Waals surface area contributed by atoms with Gasteiger partial charge in [-0.2, -0.15) is 0 Å². The van der Waals surface area contributed by atoms with E-state index in [-0.39, 0.29) is 11.3 Å². The summed E-state index contributed by atoms with van der Waals surface area (Å²) in [4.78, 5) is 13.6. The highest BCUT2D eigenvalue weighted by atomic mass is 35.5.